The summed E-state index contributed by atoms with van der Waals surface area (Å²) in [5, 5.41) is 4.37. The Balaban J connectivity index is 1.82. The van der Waals surface area contributed by atoms with Crippen molar-refractivity contribution >= 4 is 16.9 Å². The van der Waals surface area contributed by atoms with Crippen molar-refractivity contribution < 1.29 is 4.39 Å². The summed E-state index contributed by atoms with van der Waals surface area (Å²) in [5.41, 5.74) is 7.97. The summed E-state index contributed by atoms with van der Waals surface area (Å²) >= 11 is 0. The lowest BCUT2D eigenvalue weighted by Gasteiger charge is -2.20. The molecule has 1 aliphatic rings. The molecule has 0 bridgehead atoms. The topological polar surface area (TPSA) is 54.8 Å². The van der Waals surface area contributed by atoms with Crippen LogP contribution in [0.15, 0.2) is 60.8 Å². The Labute approximate surface area is 149 Å². The highest BCUT2D eigenvalue weighted by atomic mass is 19.1. The molecule has 1 aliphatic heterocycles. The molecule has 3 heterocycles. The van der Waals surface area contributed by atoms with Gasteiger partial charge in [-0.15, -0.1) is 0 Å². The number of fused-ring (bicyclic) bond motifs is 2. The molecule has 0 unspecified atom stereocenters. The van der Waals surface area contributed by atoms with Crippen LogP contribution < -0.4 is 10.7 Å². The highest BCUT2D eigenvalue weighted by Crippen LogP contribution is 2.37. The monoisotopic (exact) mass is 345 g/mol. The van der Waals surface area contributed by atoms with E-state index in [1.807, 2.05) is 35.1 Å². The van der Waals surface area contributed by atoms with Crippen LogP contribution in [0.3, 0.4) is 0 Å². The van der Waals surface area contributed by atoms with E-state index in [1.54, 1.807) is 12.1 Å². The lowest BCUT2D eigenvalue weighted by atomic mass is 10.0. The molecule has 5 rings (SSSR count). The third kappa shape index (κ3) is 2.30. The summed E-state index contributed by atoms with van der Waals surface area (Å²) in [4.78, 5) is 9.24. The molecule has 0 spiro atoms. The Kier molecular flexibility index (Phi) is 3.35. The van der Waals surface area contributed by atoms with Crippen LogP contribution in [0.1, 0.15) is 0 Å². The summed E-state index contributed by atoms with van der Waals surface area (Å²) < 4.78 is 15.4. The minimum absolute atomic E-state index is 0.259. The maximum absolute atomic E-state index is 13.4. The summed E-state index contributed by atoms with van der Waals surface area (Å²) in [6, 6.07) is 16.5. The van der Waals surface area contributed by atoms with E-state index in [0.717, 1.165) is 52.5 Å². The number of para-hydroxylation sites is 1. The highest BCUT2D eigenvalue weighted by Gasteiger charge is 2.23. The Bertz CT molecular complexity index is 1100. The van der Waals surface area contributed by atoms with Gasteiger partial charge in [-0.2, -0.15) is 0 Å². The normalized spacial score (nSPS) is 13.1. The van der Waals surface area contributed by atoms with Gasteiger partial charge in [0, 0.05) is 35.8 Å². The number of nitrogens with one attached hydrogen (secondary N) is 2. The number of aromatic nitrogens is 3. The Morgan fingerprint density at radius 2 is 1.81 bits per heavy atom. The maximum Gasteiger partial charge on any atom is 0.223 e. The van der Waals surface area contributed by atoms with Gasteiger partial charge in [-0.1, -0.05) is 18.2 Å². The molecule has 0 aliphatic carbocycles. The van der Waals surface area contributed by atoms with E-state index in [9.17, 15) is 4.39 Å². The molecule has 0 amide bonds. The zero-order chi connectivity index (χ0) is 17.5. The van der Waals surface area contributed by atoms with E-state index in [2.05, 4.69) is 21.8 Å². The van der Waals surface area contributed by atoms with Crippen LogP contribution >= 0.6 is 0 Å². The van der Waals surface area contributed by atoms with Crippen molar-refractivity contribution in [1.82, 2.24) is 14.6 Å². The second-order valence-corrected chi connectivity index (χ2v) is 6.19. The second kappa shape index (κ2) is 5.84. The van der Waals surface area contributed by atoms with E-state index in [-0.39, 0.29) is 5.82 Å². The lowest BCUT2D eigenvalue weighted by molar-refractivity contribution is 0.628. The van der Waals surface area contributed by atoms with Crippen LogP contribution in [-0.2, 0) is 0 Å². The number of halogens is 1. The minimum atomic E-state index is -0.259. The Hall–Kier alpha value is -3.41. The number of anilines is 1. The summed E-state index contributed by atoms with van der Waals surface area (Å²) in [7, 11) is 0. The van der Waals surface area contributed by atoms with Crippen LogP contribution in [0.4, 0.5) is 10.3 Å². The van der Waals surface area contributed by atoms with Gasteiger partial charge in [0.15, 0.2) is 0 Å². The van der Waals surface area contributed by atoms with Gasteiger partial charge >= 0.3 is 0 Å². The van der Waals surface area contributed by atoms with Gasteiger partial charge in [-0.3, -0.25) is 4.98 Å². The molecule has 0 radical (unpaired) electrons. The molecule has 0 fully saturated rings. The molecule has 0 saturated carbocycles. The van der Waals surface area contributed by atoms with Crippen LogP contribution in [-0.4, -0.2) is 27.7 Å². The smallest absolute Gasteiger partial charge is 0.223 e. The summed E-state index contributed by atoms with van der Waals surface area (Å²) in [6.07, 6.45) is 1.81. The van der Waals surface area contributed by atoms with Crippen LogP contribution in [0.5, 0.6) is 0 Å². The average Bonchev–Trinajstić information content (AvgIpc) is 3.07. The van der Waals surface area contributed by atoms with Gasteiger partial charge in [0.05, 0.1) is 5.52 Å². The molecule has 0 saturated heterocycles. The molecule has 0 atom stereocenters. The molecule has 128 valence electrons. The first-order valence-electron chi connectivity index (χ1n) is 8.52. The Morgan fingerprint density at radius 1 is 0.962 bits per heavy atom. The van der Waals surface area contributed by atoms with E-state index in [0.29, 0.717) is 0 Å². The van der Waals surface area contributed by atoms with E-state index < -0.39 is 0 Å². The van der Waals surface area contributed by atoms with Crippen LogP contribution in [0.2, 0.25) is 0 Å². The third-order valence-corrected chi connectivity index (χ3v) is 4.58. The molecule has 26 heavy (non-hydrogen) atoms. The minimum Gasteiger partial charge on any atom is -0.352 e. The first-order valence-corrected chi connectivity index (χ1v) is 8.52. The lowest BCUT2D eigenvalue weighted by Crippen LogP contribution is -2.30. The molecular weight excluding hydrogens is 329 g/mol. The highest BCUT2D eigenvalue weighted by molar-refractivity contribution is 5.97. The van der Waals surface area contributed by atoms with Crippen molar-refractivity contribution in [3.05, 3.63) is 66.6 Å². The third-order valence-electron chi connectivity index (χ3n) is 4.58. The maximum atomic E-state index is 13.4. The molecule has 5 nitrogen and oxygen atoms in total. The fourth-order valence-electron chi connectivity index (χ4n) is 3.39. The number of benzene rings is 2. The van der Waals surface area contributed by atoms with Gasteiger partial charge in [-0.25, -0.2) is 14.1 Å². The summed E-state index contributed by atoms with van der Waals surface area (Å²) in [5.74, 6) is 0.497. The van der Waals surface area contributed by atoms with Crippen molar-refractivity contribution in [2.24, 2.45) is 0 Å². The summed E-state index contributed by atoms with van der Waals surface area (Å²) in [6.45, 7) is 1.60. The van der Waals surface area contributed by atoms with Gasteiger partial charge in [0.2, 0.25) is 5.95 Å². The van der Waals surface area contributed by atoms with Crippen molar-refractivity contribution in [1.29, 1.82) is 0 Å². The van der Waals surface area contributed by atoms with Crippen LogP contribution in [0.25, 0.3) is 33.4 Å². The SMILES string of the molecule is Fc1ccc(-c2nc3n(c2-c2ccnc4ccccc24)NCCN3)cc1. The zero-order valence-electron chi connectivity index (χ0n) is 13.9. The van der Waals surface area contributed by atoms with Gasteiger partial charge in [0.25, 0.3) is 0 Å². The van der Waals surface area contributed by atoms with Gasteiger partial charge in [-0.05, 0) is 36.4 Å². The molecule has 4 aromatic rings. The predicted octanol–water partition coefficient (Wildman–Crippen LogP) is 3.87. The van der Waals surface area contributed by atoms with Gasteiger partial charge in [0.1, 0.15) is 17.2 Å². The van der Waals surface area contributed by atoms with Crippen molar-refractivity contribution in [3.63, 3.8) is 0 Å². The zero-order valence-corrected chi connectivity index (χ0v) is 13.9. The largest absolute Gasteiger partial charge is 0.352 e. The fourth-order valence-corrected chi connectivity index (χ4v) is 3.39. The fraction of sp³-hybridized carbons (Fsp3) is 0.100. The Morgan fingerprint density at radius 3 is 2.69 bits per heavy atom. The molecule has 2 aromatic heterocycles. The molecule has 6 heteroatoms. The molecular formula is C20H16FN5. The van der Waals surface area contributed by atoms with Crippen molar-refractivity contribution in [3.8, 4) is 22.5 Å². The molecule has 2 aromatic carbocycles. The standard InChI is InChI=1S/C20H16FN5/c21-14-7-5-13(6-8-14)18-19(26-20(25-18)23-11-12-24-26)16-9-10-22-17-4-2-1-3-15(16)17/h1-10,24H,11-12H2,(H,23,25). The first kappa shape index (κ1) is 14.9. The van der Waals surface area contributed by atoms with E-state index >= 15 is 0 Å². The van der Waals surface area contributed by atoms with Crippen LogP contribution in [0, 0.1) is 5.82 Å². The number of hydrogen-bond donors (Lipinski definition) is 2. The number of pyridine rings is 1. The molecule has 2 N–H and O–H groups in total. The predicted molar refractivity (Wildman–Crippen MR) is 101 cm³/mol. The second-order valence-electron chi connectivity index (χ2n) is 6.19. The van der Waals surface area contributed by atoms with E-state index in [1.165, 1.54) is 12.1 Å². The van der Waals surface area contributed by atoms with E-state index in [4.69, 9.17) is 4.98 Å². The number of rotatable bonds is 2. The first-order chi connectivity index (χ1) is 12.8. The number of hydrogen-bond acceptors (Lipinski definition) is 4. The van der Waals surface area contributed by atoms with Gasteiger partial charge < -0.3 is 10.7 Å². The quantitative estimate of drug-likeness (QED) is 0.579. The number of imidazole rings is 1. The van der Waals surface area contributed by atoms with Crippen molar-refractivity contribution in [2.45, 2.75) is 0 Å². The number of nitrogens with zero attached hydrogens (tertiary/aromatic N) is 3. The average molecular weight is 345 g/mol. The van der Waals surface area contributed by atoms with Crippen molar-refractivity contribution in [2.75, 3.05) is 23.8 Å².